The summed E-state index contributed by atoms with van der Waals surface area (Å²) in [5.41, 5.74) is -0.294. The topological polar surface area (TPSA) is 61.8 Å². The predicted molar refractivity (Wildman–Crippen MR) is 98.5 cm³/mol. The minimum Gasteiger partial charge on any atom is -0.543 e. The molecule has 1 aromatic carbocycles. The van der Waals surface area contributed by atoms with Crippen molar-refractivity contribution in [2.45, 2.75) is 58.5 Å². The standard InChI is InChI=1S/C19H25FO5Si/c1-18(2,3)26(6,7)25-13-8-9-15(20)12(10-13)11-14-16(21)23-19(4,5)24-17(14)22/h8-11H,1-7H3. The second-order valence-electron chi connectivity index (χ2n) is 8.28. The summed E-state index contributed by atoms with van der Waals surface area (Å²) in [6.45, 7) is 13.4. The van der Waals surface area contributed by atoms with E-state index in [1.807, 2.05) is 0 Å². The van der Waals surface area contributed by atoms with Crippen molar-refractivity contribution in [3.63, 3.8) is 0 Å². The molecule has 0 aromatic heterocycles. The largest absolute Gasteiger partial charge is 0.543 e. The third kappa shape index (κ3) is 4.33. The van der Waals surface area contributed by atoms with Crippen LogP contribution in [0, 0.1) is 5.82 Å². The highest BCUT2D eigenvalue weighted by Gasteiger charge is 2.40. The molecule has 26 heavy (non-hydrogen) atoms. The highest BCUT2D eigenvalue weighted by atomic mass is 28.4. The summed E-state index contributed by atoms with van der Waals surface area (Å²) in [7, 11) is -2.11. The monoisotopic (exact) mass is 380 g/mol. The second-order valence-corrected chi connectivity index (χ2v) is 13.0. The minimum absolute atomic E-state index is 0.0252. The highest BCUT2D eigenvalue weighted by molar-refractivity contribution is 6.74. The van der Waals surface area contributed by atoms with Crippen LogP contribution in [0.25, 0.3) is 6.08 Å². The molecule has 1 aliphatic heterocycles. The molecular weight excluding hydrogens is 355 g/mol. The zero-order valence-electron chi connectivity index (χ0n) is 16.2. The summed E-state index contributed by atoms with van der Waals surface area (Å²) in [6.07, 6.45) is 1.13. The maximum atomic E-state index is 14.2. The van der Waals surface area contributed by atoms with Crippen LogP contribution in [0.4, 0.5) is 4.39 Å². The molecule has 7 heteroatoms. The van der Waals surface area contributed by atoms with Gasteiger partial charge in [-0.15, -0.1) is 0 Å². The Hall–Kier alpha value is -2.15. The van der Waals surface area contributed by atoms with Crippen LogP contribution in [0.5, 0.6) is 5.75 Å². The fourth-order valence-corrected chi connectivity index (χ4v) is 3.10. The van der Waals surface area contributed by atoms with Gasteiger partial charge in [-0.05, 0) is 42.4 Å². The number of carbonyl (C=O) groups excluding carboxylic acids is 2. The molecule has 1 fully saturated rings. The van der Waals surface area contributed by atoms with E-state index in [9.17, 15) is 14.0 Å². The molecule has 0 radical (unpaired) electrons. The molecule has 0 bridgehead atoms. The highest BCUT2D eigenvalue weighted by Crippen LogP contribution is 2.37. The maximum absolute atomic E-state index is 14.2. The molecule has 1 aromatic rings. The van der Waals surface area contributed by atoms with Gasteiger partial charge in [-0.1, -0.05) is 20.8 Å². The lowest BCUT2D eigenvalue weighted by Crippen LogP contribution is -2.43. The van der Waals surface area contributed by atoms with E-state index in [0.29, 0.717) is 5.75 Å². The molecule has 142 valence electrons. The van der Waals surface area contributed by atoms with Gasteiger partial charge in [0.15, 0.2) is 0 Å². The van der Waals surface area contributed by atoms with Crippen molar-refractivity contribution < 1.29 is 27.9 Å². The lowest BCUT2D eigenvalue weighted by molar-refractivity contribution is -0.222. The zero-order valence-corrected chi connectivity index (χ0v) is 17.2. The summed E-state index contributed by atoms with van der Waals surface area (Å²) in [4.78, 5) is 24.1. The van der Waals surface area contributed by atoms with E-state index in [2.05, 4.69) is 33.9 Å². The van der Waals surface area contributed by atoms with Gasteiger partial charge in [0.2, 0.25) is 8.32 Å². The number of cyclic esters (lactones) is 2. The molecule has 2 rings (SSSR count). The summed E-state index contributed by atoms with van der Waals surface area (Å²) in [5, 5.41) is -0.0252. The van der Waals surface area contributed by atoms with Crippen molar-refractivity contribution >= 4 is 26.3 Å². The van der Waals surface area contributed by atoms with Crippen LogP contribution in [-0.4, -0.2) is 26.0 Å². The van der Waals surface area contributed by atoms with Gasteiger partial charge < -0.3 is 13.9 Å². The number of rotatable bonds is 3. The zero-order chi connectivity index (χ0) is 19.9. The van der Waals surface area contributed by atoms with Crippen molar-refractivity contribution in [1.82, 2.24) is 0 Å². The van der Waals surface area contributed by atoms with Gasteiger partial charge in [0.1, 0.15) is 17.1 Å². The van der Waals surface area contributed by atoms with Crippen molar-refractivity contribution in [3.05, 3.63) is 35.2 Å². The predicted octanol–water partition coefficient (Wildman–Crippen LogP) is 4.43. The van der Waals surface area contributed by atoms with Crippen molar-refractivity contribution in [2.75, 3.05) is 0 Å². The smallest absolute Gasteiger partial charge is 0.348 e. The fourth-order valence-electron chi connectivity index (χ4n) is 2.08. The van der Waals surface area contributed by atoms with Crippen LogP contribution in [-0.2, 0) is 19.1 Å². The lowest BCUT2D eigenvalue weighted by atomic mass is 10.1. The molecular formula is C19H25FO5Si. The normalized spacial score (nSPS) is 17.5. The Morgan fingerprint density at radius 1 is 1.12 bits per heavy atom. The average Bonchev–Trinajstić information content (AvgIpc) is 2.43. The molecule has 0 saturated carbocycles. The first-order valence-electron chi connectivity index (χ1n) is 8.39. The molecule has 0 N–H and O–H groups in total. The molecule has 5 nitrogen and oxygen atoms in total. The van der Waals surface area contributed by atoms with Crippen LogP contribution in [0.15, 0.2) is 23.8 Å². The van der Waals surface area contributed by atoms with Crippen LogP contribution in [0.1, 0.15) is 40.2 Å². The summed E-state index contributed by atoms with van der Waals surface area (Å²) in [5.74, 6) is -3.12. The Balaban J connectivity index is 2.37. The van der Waals surface area contributed by atoms with Crippen molar-refractivity contribution in [2.24, 2.45) is 0 Å². The molecule has 1 aliphatic rings. The summed E-state index contributed by atoms with van der Waals surface area (Å²) < 4.78 is 30.4. The molecule has 0 aliphatic carbocycles. The lowest BCUT2D eigenvalue weighted by Gasteiger charge is -2.36. The first-order chi connectivity index (χ1) is 11.7. The molecule has 0 atom stereocenters. The van der Waals surface area contributed by atoms with E-state index in [0.717, 1.165) is 6.08 Å². The van der Waals surface area contributed by atoms with E-state index >= 15 is 0 Å². The summed E-state index contributed by atoms with van der Waals surface area (Å²) in [6, 6.07) is 4.26. The number of hydrogen-bond acceptors (Lipinski definition) is 5. The minimum atomic E-state index is -2.11. The van der Waals surface area contributed by atoms with Gasteiger partial charge in [0.05, 0.1) is 0 Å². The summed E-state index contributed by atoms with van der Waals surface area (Å²) >= 11 is 0. The number of hydrogen-bond donors (Lipinski definition) is 0. The van der Waals surface area contributed by atoms with Gasteiger partial charge >= 0.3 is 11.9 Å². The number of halogens is 1. The van der Waals surface area contributed by atoms with Gasteiger partial charge in [-0.3, -0.25) is 0 Å². The fraction of sp³-hybridized carbons (Fsp3) is 0.474. The third-order valence-electron chi connectivity index (χ3n) is 4.56. The first kappa shape index (κ1) is 20.2. The van der Waals surface area contributed by atoms with Gasteiger partial charge in [-0.25, -0.2) is 14.0 Å². The molecule has 1 saturated heterocycles. The second kappa shape index (κ2) is 6.54. The molecule has 0 amide bonds. The average molecular weight is 380 g/mol. The van der Waals surface area contributed by atoms with Crippen LogP contribution < -0.4 is 4.43 Å². The van der Waals surface area contributed by atoms with Crippen molar-refractivity contribution in [1.29, 1.82) is 0 Å². The Morgan fingerprint density at radius 3 is 2.15 bits per heavy atom. The van der Waals surface area contributed by atoms with Crippen LogP contribution in [0.3, 0.4) is 0 Å². The van der Waals surface area contributed by atoms with E-state index in [1.165, 1.54) is 26.0 Å². The molecule has 0 spiro atoms. The Labute approximate surface area is 154 Å². The van der Waals surface area contributed by atoms with Gasteiger partial charge in [0, 0.05) is 19.4 Å². The number of ether oxygens (including phenoxy) is 2. The number of carbonyl (C=O) groups is 2. The van der Waals surface area contributed by atoms with Gasteiger partial charge in [0.25, 0.3) is 5.79 Å². The first-order valence-corrected chi connectivity index (χ1v) is 11.3. The third-order valence-corrected chi connectivity index (χ3v) is 8.92. The van der Waals surface area contributed by atoms with E-state index in [4.69, 9.17) is 13.9 Å². The van der Waals surface area contributed by atoms with Crippen LogP contribution in [0.2, 0.25) is 18.1 Å². The Kier molecular flexibility index (Phi) is 5.07. The van der Waals surface area contributed by atoms with E-state index in [1.54, 1.807) is 6.07 Å². The Bertz CT molecular complexity index is 753. The quantitative estimate of drug-likeness (QED) is 0.336. The molecule has 1 heterocycles. The van der Waals surface area contributed by atoms with Crippen molar-refractivity contribution in [3.8, 4) is 5.75 Å². The molecule has 0 unspecified atom stereocenters. The van der Waals surface area contributed by atoms with Gasteiger partial charge in [-0.2, -0.15) is 0 Å². The number of benzene rings is 1. The van der Waals surface area contributed by atoms with E-state index < -0.39 is 31.9 Å². The Morgan fingerprint density at radius 2 is 1.65 bits per heavy atom. The number of esters is 2. The van der Waals surface area contributed by atoms with Crippen LogP contribution >= 0.6 is 0 Å². The van der Waals surface area contributed by atoms with E-state index in [-0.39, 0.29) is 16.2 Å². The maximum Gasteiger partial charge on any atom is 0.348 e. The SMILES string of the molecule is CC1(C)OC(=O)C(=Cc2cc(O[Si](C)(C)C(C)(C)C)ccc2F)C(=O)O1.